The molecule has 0 bridgehead atoms. The molecular formula is C15H23N3O2. The number of urea groups is 1. The van der Waals surface area contributed by atoms with Crippen molar-refractivity contribution in [1.82, 2.24) is 10.6 Å². The van der Waals surface area contributed by atoms with E-state index >= 15 is 0 Å². The average Bonchev–Trinajstić information content (AvgIpc) is 2.46. The molecule has 0 unspecified atom stereocenters. The third-order valence-corrected chi connectivity index (χ3v) is 3.68. The van der Waals surface area contributed by atoms with E-state index in [4.69, 9.17) is 10.5 Å². The summed E-state index contributed by atoms with van der Waals surface area (Å²) in [6.45, 7) is 0.409. The minimum Gasteiger partial charge on any atom is -0.496 e. The maximum absolute atomic E-state index is 11.9. The van der Waals surface area contributed by atoms with Gasteiger partial charge in [0.25, 0.3) is 0 Å². The number of amides is 2. The van der Waals surface area contributed by atoms with Gasteiger partial charge in [0.1, 0.15) is 5.75 Å². The highest BCUT2D eigenvalue weighted by Crippen LogP contribution is 2.21. The molecule has 0 heterocycles. The van der Waals surface area contributed by atoms with Crippen molar-refractivity contribution >= 4 is 11.7 Å². The molecule has 0 aliphatic heterocycles. The van der Waals surface area contributed by atoms with E-state index in [1.165, 1.54) is 19.3 Å². The van der Waals surface area contributed by atoms with Crippen LogP contribution in [0.5, 0.6) is 5.75 Å². The number of ether oxygens (including phenoxy) is 1. The molecule has 5 heteroatoms. The molecule has 1 aliphatic carbocycles. The van der Waals surface area contributed by atoms with Gasteiger partial charge in [-0.3, -0.25) is 0 Å². The van der Waals surface area contributed by atoms with Crippen LogP contribution < -0.4 is 21.1 Å². The largest absolute Gasteiger partial charge is 0.496 e. The Hall–Kier alpha value is -1.91. The smallest absolute Gasteiger partial charge is 0.315 e. The van der Waals surface area contributed by atoms with Crippen LogP contribution in [0.2, 0.25) is 0 Å². The molecule has 2 rings (SSSR count). The van der Waals surface area contributed by atoms with E-state index in [9.17, 15) is 4.79 Å². The van der Waals surface area contributed by atoms with Gasteiger partial charge in [-0.05, 0) is 31.0 Å². The predicted molar refractivity (Wildman–Crippen MR) is 79.7 cm³/mol. The lowest BCUT2D eigenvalue weighted by Gasteiger charge is -2.23. The Morgan fingerprint density at radius 3 is 2.80 bits per heavy atom. The summed E-state index contributed by atoms with van der Waals surface area (Å²) in [6, 6.07) is 5.60. The van der Waals surface area contributed by atoms with Gasteiger partial charge in [-0.15, -0.1) is 0 Å². The van der Waals surface area contributed by atoms with E-state index in [2.05, 4.69) is 10.6 Å². The quantitative estimate of drug-likeness (QED) is 0.740. The van der Waals surface area contributed by atoms with Crippen LogP contribution in [-0.4, -0.2) is 19.2 Å². The zero-order chi connectivity index (χ0) is 14.4. The minimum atomic E-state index is -0.124. The van der Waals surface area contributed by atoms with Crippen molar-refractivity contribution < 1.29 is 9.53 Å². The van der Waals surface area contributed by atoms with Gasteiger partial charge in [0.2, 0.25) is 0 Å². The van der Waals surface area contributed by atoms with E-state index in [0.29, 0.717) is 18.3 Å². The molecule has 20 heavy (non-hydrogen) atoms. The topological polar surface area (TPSA) is 76.4 Å². The predicted octanol–water partition coefficient (Wildman–Crippen LogP) is 2.41. The molecule has 1 saturated carbocycles. The highest BCUT2D eigenvalue weighted by atomic mass is 16.5. The number of hydrogen-bond acceptors (Lipinski definition) is 3. The standard InChI is InChI=1S/C15H23N3O2/c1-20-14-8-7-12(16)9-11(14)10-17-15(19)18-13-5-3-2-4-6-13/h7-9,13H,2-6,10,16H2,1H3,(H2,17,18,19). The Labute approximate surface area is 119 Å². The Balaban J connectivity index is 1.84. The number of nitrogens with two attached hydrogens (primary N) is 1. The second-order valence-corrected chi connectivity index (χ2v) is 5.23. The molecular weight excluding hydrogens is 254 g/mol. The van der Waals surface area contributed by atoms with Crippen LogP contribution >= 0.6 is 0 Å². The normalized spacial score (nSPS) is 15.7. The first kappa shape index (κ1) is 14.5. The maximum Gasteiger partial charge on any atom is 0.315 e. The highest BCUT2D eigenvalue weighted by Gasteiger charge is 2.15. The minimum absolute atomic E-state index is 0.124. The molecule has 1 aliphatic rings. The first-order valence-corrected chi connectivity index (χ1v) is 7.16. The number of benzene rings is 1. The number of carbonyl (C=O) groups excluding carboxylic acids is 1. The molecule has 1 aromatic carbocycles. The Morgan fingerprint density at radius 1 is 1.35 bits per heavy atom. The van der Waals surface area contributed by atoms with Gasteiger partial charge in [-0.2, -0.15) is 0 Å². The van der Waals surface area contributed by atoms with Crippen LogP contribution in [0.3, 0.4) is 0 Å². The summed E-state index contributed by atoms with van der Waals surface area (Å²) in [5.74, 6) is 0.733. The summed E-state index contributed by atoms with van der Waals surface area (Å²) in [7, 11) is 1.61. The van der Waals surface area contributed by atoms with Crippen LogP contribution in [0.1, 0.15) is 37.7 Å². The molecule has 0 radical (unpaired) electrons. The van der Waals surface area contributed by atoms with E-state index in [1.54, 1.807) is 13.2 Å². The van der Waals surface area contributed by atoms with Crippen molar-refractivity contribution in [2.75, 3.05) is 12.8 Å². The second kappa shape index (κ2) is 7.03. The second-order valence-electron chi connectivity index (χ2n) is 5.23. The van der Waals surface area contributed by atoms with Gasteiger partial charge >= 0.3 is 6.03 Å². The lowest BCUT2D eigenvalue weighted by molar-refractivity contribution is 0.232. The first-order valence-electron chi connectivity index (χ1n) is 7.16. The number of nitrogens with one attached hydrogen (secondary N) is 2. The molecule has 0 atom stereocenters. The summed E-state index contributed by atoms with van der Waals surface area (Å²) in [4.78, 5) is 11.9. The summed E-state index contributed by atoms with van der Waals surface area (Å²) in [6.07, 6.45) is 5.84. The van der Waals surface area contributed by atoms with Gasteiger partial charge in [0.05, 0.1) is 7.11 Å². The van der Waals surface area contributed by atoms with E-state index in [0.717, 1.165) is 24.2 Å². The Morgan fingerprint density at radius 2 is 2.10 bits per heavy atom. The fourth-order valence-electron chi connectivity index (χ4n) is 2.60. The van der Waals surface area contributed by atoms with Crippen LogP contribution in [0.4, 0.5) is 10.5 Å². The van der Waals surface area contributed by atoms with E-state index in [-0.39, 0.29) is 6.03 Å². The number of carbonyl (C=O) groups is 1. The molecule has 110 valence electrons. The average molecular weight is 277 g/mol. The van der Waals surface area contributed by atoms with Gasteiger partial charge in [-0.1, -0.05) is 19.3 Å². The molecule has 4 N–H and O–H groups in total. The molecule has 5 nitrogen and oxygen atoms in total. The van der Waals surface area contributed by atoms with Gasteiger partial charge in [0, 0.05) is 23.8 Å². The lowest BCUT2D eigenvalue weighted by atomic mass is 9.96. The lowest BCUT2D eigenvalue weighted by Crippen LogP contribution is -2.42. The van der Waals surface area contributed by atoms with Gasteiger partial charge in [0.15, 0.2) is 0 Å². The molecule has 2 amide bonds. The van der Waals surface area contributed by atoms with Crippen molar-refractivity contribution in [3.8, 4) is 5.75 Å². The van der Waals surface area contributed by atoms with Crippen LogP contribution in [-0.2, 0) is 6.54 Å². The van der Waals surface area contributed by atoms with Crippen molar-refractivity contribution in [2.24, 2.45) is 0 Å². The molecule has 0 saturated heterocycles. The SMILES string of the molecule is COc1ccc(N)cc1CNC(=O)NC1CCCCC1. The van der Waals surface area contributed by atoms with E-state index < -0.39 is 0 Å². The van der Waals surface area contributed by atoms with Crippen LogP contribution in [0.25, 0.3) is 0 Å². The van der Waals surface area contributed by atoms with Crippen LogP contribution in [0.15, 0.2) is 18.2 Å². The summed E-state index contributed by atoms with van der Waals surface area (Å²) in [5, 5.41) is 5.88. The zero-order valence-corrected chi connectivity index (χ0v) is 11.9. The third-order valence-electron chi connectivity index (χ3n) is 3.68. The van der Waals surface area contributed by atoms with E-state index in [1.807, 2.05) is 12.1 Å². The summed E-state index contributed by atoms with van der Waals surface area (Å²) >= 11 is 0. The summed E-state index contributed by atoms with van der Waals surface area (Å²) < 4.78 is 5.26. The Kier molecular flexibility index (Phi) is 5.09. The summed E-state index contributed by atoms with van der Waals surface area (Å²) in [5.41, 5.74) is 7.30. The number of anilines is 1. The van der Waals surface area contributed by atoms with Crippen LogP contribution in [0, 0.1) is 0 Å². The fraction of sp³-hybridized carbons (Fsp3) is 0.533. The van der Waals surface area contributed by atoms with Crippen molar-refractivity contribution in [2.45, 2.75) is 44.7 Å². The zero-order valence-electron chi connectivity index (χ0n) is 11.9. The number of nitrogen functional groups attached to an aromatic ring is 1. The number of hydrogen-bond donors (Lipinski definition) is 3. The first-order chi connectivity index (χ1) is 9.69. The fourth-order valence-corrected chi connectivity index (χ4v) is 2.60. The number of rotatable bonds is 4. The van der Waals surface area contributed by atoms with Crippen molar-refractivity contribution in [1.29, 1.82) is 0 Å². The molecule has 0 aromatic heterocycles. The molecule has 1 fully saturated rings. The highest BCUT2D eigenvalue weighted by molar-refractivity contribution is 5.74. The maximum atomic E-state index is 11.9. The molecule has 1 aromatic rings. The third kappa shape index (κ3) is 4.05. The number of methoxy groups -OCH3 is 1. The van der Waals surface area contributed by atoms with Crippen molar-refractivity contribution in [3.63, 3.8) is 0 Å². The van der Waals surface area contributed by atoms with Gasteiger partial charge in [-0.25, -0.2) is 4.79 Å². The molecule has 0 spiro atoms. The Bertz CT molecular complexity index is 456. The van der Waals surface area contributed by atoms with Crippen molar-refractivity contribution in [3.05, 3.63) is 23.8 Å². The monoisotopic (exact) mass is 277 g/mol. The van der Waals surface area contributed by atoms with Gasteiger partial charge < -0.3 is 21.1 Å².